The van der Waals surface area contributed by atoms with Crippen LogP contribution in [0.4, 0.5) is 5.69 Å². The van der Waals surface area contributed by atoms with E-state index in [-0.39, 0.29) is 12.0 Å². The number of nitrogens with one attached hydrogen (secondary N) is 1. The molecule has 0 amide bonds. The first-order valence-electron chi connectivity index (χ1n) is 7.71. The van der Waals surface area contributed by atoms with Gasteiger partial charge < -0.3 is 14.8 Å². The van der Waals surface area contributed by atoms with Gasteiger partial charge in [-0.25, -0.2) is 4.79 Å². The molecule has 4 nitrogen and oxygen atoms in total. The van der Waals surface area contributed by atoms with Crippen LogP contribution in [0, 0.1) is 5.92 Å². The Morgan fingerprint density at radius 2 is 1.86 bits per heavy atom. The van der Waals surface area contributed by atoms with Gasteiger partial charge in [-0.15, -0.1) is 0 Å². The monoisotopic (exact) mass is 291 g/mol. The van der Waals surface area contributed by atoms with Crippen LogP contribution >= 0.6 is 0 Å². The van der Waals surface area contributed by atoms with E-state index in [1.54, 1.807) is 7.11 Å². The van der Waals surface area contributed by atoms with Gasteiger partial charge >= 0.3 is 5.97 Å². The summed E-state index contributed by atoms with van der Waals surface area (Å²) in [6.07, 6.45) is 7.17. The zero-order valence-electron chi connectivity index (χ0n) is 12.9. The first kappa shape index (κ1) is 15.7. The van der Waals surface area contributed by atoms with Crippen molar-refractivity contribution < 1.29 is 14.3 Å². The molecule has 116 valence electrons. The molecule has 1 fully saturated rings. The van der Waals surface area contributed by atoms with E-state index in [0.29, 0.717) is 5.92 Å². The van der Waals surface area contributed by atoms with E-state index in [2.05, 4.69) is 5.32 Å². The number of benzene rings is 1. The van der Waals surface area contributed by atoms with Gasteiger partial charge in [0.2, 0.25) is 0 Å². The molecule has 0 aromatic heterocycles. The van der Waals surface area contributed by atoms with E-state index in [9.17, 15) is 4.79 Å². The summed E-state index contributed by atoms with van der Waals surface area (Å²) >= 11 is 0. The smallest absolute Gasteiger partial charge is 0.328 e. The van der Waals surface area contributed by atoms with Gasteiger partial charge in [-0.2, -0.15) is 0 Å². The summed E-state index contributed by atoms with van der Waals surface area (Å²) in [6, 6.07) is 7.35. The number of hydrogen-bond donors (Lipinski definition) is 1. The summed E-state index contributed by atoms with van der Waals surface area (Å²) < 4.78 is 10.1. The van der Waals surface area contributed by atoms with Crippen LogP contribution in [-0.2, 0) is 9.53 Å². The van der Waals surface area contributed by atoms with E-state index >= 15 is 0 Å². The highest BCUT2D eigenvalue weighted by molar-refractivity contribution is 5.79. The van der Waals surface area contributed by atoms with E-state index in [1.165, 1.54) is 39.2 Å². The molecule has 0 aliphatic heterocycles. The zero-order chi connectivity index (χ0) is 15.1. The normalized spacial score (nSPS) is 17.0. The first-order valence-corrected chi connectivity index (χ1v) is 7.71. The Kier molecular flexibility index (Phi) is 5.90. The lowest BCUT2D eigenvalue weighted by Crippen LogP contribution is -2.33. The van der Waals surface area contributed by atoms with Crippen LogP contribution in [0.15, 0.2) is 24.3 Å². The lowest BCUT2D eigenvalue weighted by molar-refractivity contribution is -0.142. The molecule has 0 saturated heterocycles. The molecule has 21 heavy (non-hydrogen) atoms. The minimum atomic E-state index is -0.272. The van der Waals surface area contributed by atoms with Gasteiger partial charge in [-0.1, -0.05) is 32.1 Å². The maximum absolute atomic E-state index is 12.0. The number of esters is 1. The van der Waals surface area contributed by atoms with Gasteiger partial charge in [-0.3, -0.25) is 0 Å². The lowest BCUT2D eigenvalue weighted by Gasteiger charge is -2.26. The highest BCUT2D eigenvalue weighted by Gasteiger charge is 2.24. The number of anilines is 1. The highest BCUT2D eigenvalue weighted by Crippen LogP contribution is 2.28. The Morgan fingerprint density at radius 1 is 1.19 bits per heavy atom. The van der Waals surface area contributed by atoms with Crippen molar-refractivity contribution in [2.45, 2.75) is 44.6 Å². The number of carbonyl (C=O) groups is 1. The predicted octanol–water partition coefficient (Wildman–Crippen LogP) is 3.62. The van der Waals surface area contributed by atoms with Crippen LogP contribution in [-0.4, -0.2) is 26.2 Å². The third-order valence-corrected chi connectivity index (χ3v) is 4.21. The summed E-state index contributed by atoms with van der Waals surface area (Å²) in [6.45, 7) is 0. The second kappa shape index (κ2) is 7.91. The molecule has 1 aromatic carbocycles. The molecule has 0 spiro atoms. The summed E-state index contributed by atoms with van der Waals surface area (Å²) in [4.78, 5) is 12.0. The SMILES string of the molecule is COC(=O)C(CC1CCCCC1)Nc1ccc(OC)cc1. The Bertz CT molecular complexity index is 438. The van der Waals surface area contributed by atoms with E-state index in [0.717, 1.165) is 17.9 Å². The molecule has 1 aliphatic carbocycles. The quantitative estimate of drug-likeness (QED) is 0.813. The molecule has 1 atom stereocenters. The van der Waals surface area contributed by atoms with Gasteiger partial charge in [0.15, 0.2) is 0 Å². The van der Waals surface area contributed by atoms with E-state index in [4.69, 9.17) is 9.47 Å². The predicted molar refractivity (Wildman–Crippen MR) is 83.6 cm³/mol. The number of hydrogen-bond acceptors (Lipinski definition) is 4. The Labute approximate surface area is 126 Å². The number of ether oxygens (including phenoxy) is 2. The fourth-order valence-electron chi connectivity index (χ4n) is 3.00. The number of rotatable bonds is 6. The van der Waals surface area contributed by atoms with Crippen LogP contribution in [0.5, 0.6) is 5.75 Å². The lowest BCUT2D eigenvalue weighted by atomic mass is 9.85. The van der Waals surface area contributed by atoms with Crippen molar-refractivity contribution in [1.29, 1.82) is 0 Å². The summed E-state index contributed by atoms with van der Waals surface area (Å²) in [5, 5.41) is 3.30. The van der Waals surface area contributed by atoms with E-state index in [1.807, 2.05) is 24.3 Å². The Balaban J connectivity index is 1.99. The fraction of sp³-hybridized carbons (Fsp3) is 0.588. The van der Waals surface area contributed by atoms with Crippen LogP contribution in [0.2, 0.25) is 0 Å². The van der Waals surface area contributed by atoms with Crippen LogP contribution in [0.3, 0.4) is 0 Å². The summed E-state index contributed by atoms with van der Waals surface area (Å²) in [5.74, 6) is 1.24. The minimum Gasteiger partial charge on any atom is -0.497 e. The van der Waals surface area contributed by atoms with Gasteiger partial charge in [-0.05, 0) is 36.6 Å². The zero-order valence-corrected chi connectivity index (χ0v) is 12.9. The highest BCUT2D eigenvalue weighted by atomic mass is 16.5. The molecule has 1 aromatic rings. The molecule has 0 heterocycles. The van der Waals surface area contributed by atoms with Crippen molar-refractivity contribution in [3.63, 3.8) is 0 Å². The molecule has 1 aliphatic rings. The summed E-state index contributed by atoms with van der Waals surface area (Å²) in [7, 11) is 3.09. The molecular formula is C17H25NO3. The van der Waals surface area contributed by atoms with Crippen LogP contribution < -0.4 is 10.1 Å². The molecule has 0 bridgehead atoms. The second-order valence-electron chi connectivity index (χ2n) is 5.69. The molecule has 2 rings (SSSR count). The van der Waals surface area contributed by atoms with Crippen molar-refractivity contribution >= 4 is 11.7 Å². The third kappa shape index (κ3) is 4.66. The third-order valence-electron chi connectivity index (χ3n) is 4.21. The van der Waals surface area contributed by atoms with Crippen molar-refractivity contribution in [1.82, 2.24) is 0 Å². The number of carbonyl (C=O) groups excluding carboxylic acids is 1. The largest absolute Gasteiger partial charge is 0.497 e. The molecule has 1 unspecified atom stereocenters. The topological polar surface area (TPSA) is 47.6 Å². The van der Waals surface area contributed by atoms with Crippen molar-refractivity contribution in [3.8, 4) is 5.75 Å². The molecule has 0 radical (unpaired) electrons. The first-order chi connectivity index (χ1) is 10.2. The minimum absolute atomic E-state index is 0.184. The van der Waals surface area contributed by atoms with E-state index < -0.39 is 0 Å². The maximum atomic E-state index is 12.0. The molecule has 1 N–H and O–H groups in total. The molecule has 4 heteroatoms. The van der Waals surface area contributed by atoms with Gasteiger partial charge in [0, 0.05) is 5.69 Å². The second-order valence-corrected chi connectivity index (χ2v) is 5.69. The van der Waals surface area contributed by atoms with Crippen molar-refractivity contribution in [2.75, 3.05) is 19.5 Å². The maximum Gasteiger partial charge on any atom is 0.328 e. The van der Waals surface area contributed by atoms with Crippen molar-refractivity contribution in [2.24, 2.45) is 5.92 Å². The molecule has 1 saturated carbocycles. The average molecular weight is 291 g/mol. The van der Waals surface area contributed by atoms with Crippen LogP contribution in [0.1, 0.15) is 38.5 Å². The Hall–Kier alpha value is -1.71. The average Bonchev–Trinajstić information content (AvgIpc) is 2.55. The van der Waals surface area contributed by atoms with Gasteiger partial charge in [0.1, 0.15) is 11.8 Å². The van der Waals surface area contributed by atoms with Crippen LogP contribution in [0.25, 0.3) is 0 Å². The standard InChI is InChI=1S/C17H25NO3/c1-20-15-10-8-14(9-11-15)18-16(17(19)21-2)12-13-6-4-3-5-7-13/h8-11,13,16,18H,3-7,12H2,1-2H3. The van der Waals surface area contributed by atoms with Crippen molar-refractivity contribution in [3.05, 3.63) is 24.3 Å². The summed E-state index contributed by atoms with van der Waals surface area (Å²) in [5.41, 5.74) is 0.919. The molecular weight excluding hydrogens is 266 g/mol. The fourth-order valence-corrected chi connectivity index (χ4v) is 3.00. The van der Waals surface area contributed by atoms with Gasteiger partial charge in [0.05, 0.1) is 14.2 Å². The Morgan fingerprint density at radius 3 is 2.43 bits per heavy atom. The van der Waals surface area contributed by atoms with Gasteiger partial charge in [0.25, 0.3) is 0 Å². The number of methoxy groups -OCH3 is 2.